The van der Waals surface area contributed by atoms with E-state index >= 15 is 0 Å². The first-order valence-electron chi connectivity index (χ1n) is 5.59. The van der Waals surface area contributed by atoms with E-state index in [0.717, 1.165) is 0 Å². The Morgan fingerprint density at radius 2 is 2.53 bits per heavy atom. The zero-order valence-electron chi connectivity index (χ0n) is 9.80. The summed E-state index contributed by atoms with van der Waals surface area (Å²) >= 11 is 0. The lowest BCUT2D eigenvalue weighted by molar-refractivity contribution is 0.00232. The highest BCUT2D eigenvalue weighted by molar-refractivity contribution is 5.96. The summed E-state index contributed by atoms with van der Waals surface area (Å²) in [5, 5.41) is 8.78. The highest BCUT2D eigenvalue weighted by Crippen LogP contribution is 2.07. The number of aromatic nitrogens is 1. The van der Waals surface area contributed by atoms with Gasteiger partial charge in [0.2, 0.25) is 0 Å². The van der Waals surface area contributed by atoms with Crippen LogP contribution in [-0.4, -0.2) is 47.6 Å². The summed E-state index contributed by atoms with van der Waals surface area (Å²) in [6.07, 6.45) is 1.44. The van der Waals surface area contributed by atoms with Crippen LogP contribution >= 0.6 is 0 Å². The highest BCUT2D eigenvalue weighted by Gasteiger charge is 2.22. The minimum absolute atomic E-state index is 0.0797. The molecule has 90 valence electrons. The van der Waals surface area contributed by atoms with Crippen molar-refractivity contribution < 1.29 is 9.53 Å². The first kappa shape index (κ1) is 11.8. The molecule has 5 nitrogen and oxygen atoms in total. The van der Waals surface area contributed by atoms with Gasteiger partial charge >= 0.3 is 0 Å². The van der Waals surface area contributed by atoms with Gasteiger partial charge in [-0.25, -0.2) is 0 Å². The predicted octanol–water partition coefficient (Wildman–Crippen LogP) is 0.432. The van der Waals surface area contributed by atoms with E-state index < -0.39 is 6.10 Å². The van der Waals surface area contributed by atoms with Gasteiger partial charge in [0.1, 0.15) is 0 Å². The maximum atomic E-state index is 12.0. The first-order chi connectivity index (χ1) is 8.20. The van der Waals surface area contributed by atoms with Gasteiger partial charge < -0.3 is 9.30 Å². The second-order valence-corrected chi connectivity index (χ2v) is 4.15. The van der Waals surface area contributed by atoms with Gasteiger partial charge in [-0.15, -0.1) is 0 Å². The third kappa shape index (κ3) is 2.73. The molecular weight excluding hydrogens is 218 g/mol. The van der Waals surface area contributed by atoms with Crippen molar-refractivity contribution in [1.82, 2.24) is 9.47 Å². The monoisotopic (exact) mass is 233 g/mol. The number of ketones is 1. The van der Waals surface area contributed by atoms with Gasteiger partial charge in [0, 0.05) is 26.3 Å². The van der Waals surface area contributed by atoms with Crippen LogP contribution in [0.1, 0.15) is 10.5 Å². The van der Waals surface area contributed by atoms with Crippen molar-refractivity contribution in [3.63, 3.8) is 0 Å². The Balaban J connectivity index is 1.95. The predicted molar refractivity (Wildman–Crippen MR) is 61.5 cm³/mol. The number of carbonyl (C=O) groups is 1. The molecule has 0 aromatic carbocycles. The van der Waals surface area contributed by atoms with Crippen molar-refractivity contribution in [3.8, 4) is 6.07 Å². The van der Waals surface area contributed by atoms with Gasteiger partial charge in [-0.1, -0.05) is 0 Å². The molecule has 2 rings (SSSR count). The SMILES string of the molecule is Cn1cccc1C(=O)CN1CCOC(C#N)C1. The molecule has 0 bridgehead atoms. The zero-order valence-corrected chi connectivity index (χ0v) is 9.80. The summed E-state index contributed by atoms with van der Waals surface area (Å²) in [5.74, 6) is 0.0797. The van der Waals surface area contributed by atoms with E-state index in [4.69, 9.17) is 10.00 Å². The van der Waals surface area contributed by atoms with Crippen LogP contribution in [-0.2, 0) is 11.8 Å². The molecule has 5 heteroatoms. The Bertz CT molecular complexity index is 447. The number of hydrogen-bond donors (Lipinski definition) is 0. The fraction of sp³-hybridized carbons (Fsp3) is 0.500. The van der Waals surface area contributed by atoms with Crippen LogP contribution in [0, 0.1) is 11.3 Å². The van der Waals surface area contributed by atoms with Gasteiger partial charge in [-0.05, 0) is 12.1 Å². The van der Waals surface area contributed by atoms with Crippen LogP contribution in [0.3, 0.4) is 0 Å². The fourth-order valence-corrected chi connectivity index (χ4v) is 1.96. The van der Waals surface area contributed by atoms with Crippen LogP contribution in [0.2, 0.25) is 0 Å². The summed E-state index contributed by atoms with van der Waals surface area (Å²) in [6, 6.07) is 5.73. The summed E-state index contributed by atoms with van der Waals surface area (Å²) in [5.41, 5.74) is 0.699. The quantitative estimate of drug-likeness (QED) is 0.710. The molecule has 1 atom stereocenters. The van der Waals surface area contributed by atoms with Crippen molar-refractivity contribution in [2.75, 3.05) is 26.2 Å². The summed E-state index contributed by atoms with van der Waals surface area (Å²) in [7, 11) is 1.85. The lowest BCUT2D eigenvalue weighted by Crippen LogP contribution is -2.44. The van der Waals surface area contributed by atoms with Gasteiger partial charge in [0.25, 0.3) is 0 Å². The van der Waals surface area contributed by atoms with Crippen molar-refractivity contribution in [1.29, 1.82) is 5.26 Å². The van der Waals surface area contributed by atoms with Crippen LogP contribution < -0.4 is 0 Å². The molecule has 1 aliphatic rings. The number of nitrogens with zero attached hydrogens (tertiary/aromatic N) is 3. The van der Waals surface area contributed by atoms with E-state index in [1.807, 2.05) is 34.8 Å². The van der Waals surface area contributed by atoms with Gasteiger partial charge in [0.05, 0.1) is 24.9 Å². The Hall–Kier alpha value is -1.64. The fourth-order valence-electron chi connectivity index (χ4n) is 1.96. The van der Waals surface area contributed by atoms with E-state index in [-0.39, 0.29) is 5.78 Å². The third-order valence-electron chi connectivity index (χ3n) is 2.89. The van der Waals surface area contributed by atoms with Gasteiger partial charge in [0.15, 0.2) is 11.9 Å². The topological polar surface area (TPSA) is 58.3 Å². The number of aryl methyl sites for hydroxylation is 1. The van der Waals surface area contributed by atoms with Crippen molar-refractivity contribution in [2.45, 2.75) is 6.10 Å². The molecular formula is C12H15N3O2. The molecule has 1 aromatic rings. The minimum Gasteiger partial charge on any atom is -0.361 e. The average molecular weight is 233 g/mol. The van der Waals surface area contributed by atoms with Crippen molar-refractivity contribution in [2.24, 2.45) is 7.05 Å². The van der Waals surface area contributed by atoms with Crippen LogP contribution in [0.4, 0.5) is 0 Å². The summed E-state index contributed by atoms with van der Waals surface area (Å²) in [6.45, 7) is 2.07. The van der Waals surface area contributed by atoms with Gasteiger partial charge in [-0.3, -0.25) is 9.69 Å². The van der Waals surface area contributed by atoms with Crippen LogP contribution in [0.5, 0.6) is 0 Å². The van der Waals surface area contributed by atoms with E-state index in [1.54, 1.807) is 0 Å². The number of nitriles is 1. The molecule has 0 aliphatic carbocycles. The standard InChI is InChI=1S/C12H15N3O2/c1-14-4-2-3-11(14)12(16)9-15-5-6-17-10(7-13)8-15/h2-4,10H,5-6,8-9H2,1H3. The normalized spacial score (nSPS) is 21.1. The van der Waals surface area contributed by atoms with Crippen molar-refractivity contribution in [3.05, 3.63) is 24.0 Å². The van der Waals surface area contributed by atoms with Crippen molar-refractivity contribution >= 4 is 5.78 Å². The Morgan fingerprint density at radius 1 is 1.71 bits per heavy atom. The molecule has 0 radical (unpaired) electrons. The van der Waals surface area contributed by atoms with E-state index in [0.29, 0.717) is 31.9 Å². The maximum Gasteiger partial charge on any atom is 0.193 e. The van der Waals surface area contributed by atoms with Crippen LogP contribution in [0.15, 0.2) is 18.3 Å². The largest absolute Gasteiger partial charge is 0.361 e. The maximum absolute atomic E-state index is 12.0. The lowest BCUT2D eigenvalue weighted by atomic mass is 10.2. The number of carbonyl (C=O) groups excluding carboxylic acids is 1. The third-order valence-corrected chi connectivity index (χ3v) is 2.89. The highest BCUT2D eigenvalue weighted by atomic mass is 16.5. The Morgan fingerprint density at radius 3 is 3.18 bits per heavy atom. The lowest BCUT2D eigenvalue weighted by Gasteiger charge is -2.28. The molecule has 1 aromatic heterocycles. The van der Waals surface area contributed by atoms with Crippen LogP contribution in [0.25, 0.3) is 0 Å². The Kier molecular flexibility index (Phi) is 3.57. The number of rotatable bonds is 3. The van der Waals surface area contributed by atoms with Gasteiger partial charge in [-0.2, -0.15) is 5.26 Å². The second kappa shape index (κ2) is 5.13. The molecule has 17 heavy (non-hydrogen) atoms. The molecule has 0 spiro atoms. The minimum atomic E-state index is -0.412. The van der Waals surface area contributed by atoms with E-state index in [9.17, 15) is 4.79 Å². The molecule has 0 saturated carbocycles. The molecule has 1 unspecified atom stereocenters. The van der Waals surface area contributed by atoms with E-state index in [1.165, 1.54) is 0 Å². The average Bonchev–Trinajstić information content (AvgIpc) is 2.76. The number of Topliss-reactive ketones (excluding diaryl/α,β-unsaturated/α-hetero) is 1. The number of morpholine rings is 1. The molecule has 1 saturated heterocycles. The second-order valence-electron chi connectivity index (χ2n) is 4.15. The Labute approximate surface area is 100 Å². The first-order valence-corrected chi connectivity index (χ1v) is 5.59. The summed E-state index contributed by atoms with van der Waals surface area (Å²) < 4.78 is 7.04. The van der Waals surface area contributed by atoms with E-state index in [2.05, 4.69) is 6.07 Å². The number of hydrogen-bond acceptors (Lipinski definition) is 4. The molecule has 2 heterocycles. The molecule has 1 fully saturated rings. The summed E-state index contributed by atoms with van der Waals surface area (Å²) in [4.78, 5) is 14.0. The molecule has 1 aliphatic heterocycles. The molecule has 0 N–H and O–H groups in total. The number of ether oxygens (including phenoxy) is 1. The zero-order chi connectivity index (χ0) is 12.3. The molecule has 0 amide bonds. The smallest absolute Gasteiger partial charge is 0.193 e.